The van der Waals surface area contributed by atoms with Gasteiger partial charge in [0, 0.05) is 12.7 Å². The Hall–Kier alpha value is -1.42. The Balaban J connectivity index is 2.04. The molecule has 0 radical (unpaired) electrons. The van der Waals surface area contributed by atoms with Gasteiger partial charge in [0.25, 0.3) is 0 Å². The van der Waals surface area contributed by atoms with Crippen LogP contribution in [0, 0.1) is 12.7 Å². The monoisotopic (exact) mass is 294 g/mol. The van der Waals surface area contributed by atoms with Crippen molar-refractivity contribution in [2.75, 3.05) is 5.32 Å². The molecule has 0 saturated carbocycles. The number of rotatable bonds is 3. The van der Waals surface area contributed by atoms with Gasteiger partial charge >= 0.3 is 0 Å². The Labute approximate surface area is 108 Å². The fraction of sp³-hybridized carbons (Fsp3) is 0.154. The molecule has 0 fully saturated rings. The largest absolute Gasteiger partial charge is 0.365 e. The van der Waals surface area contributed by atoms with Crippen molar-refractivity contribution < 1.29 is 4.39 Å². The number of nitrogens with zero attached hydrogens (tertiary/aromatic N) is 1. The van der Waals surface area contributed by atoms with Gasteiger partial charge in [0.15, 0.2) is 0 Å². The van der Waals surface area contributed by atoms with Crippen LogP contribution in [-0.4, -0.2) is 4.98 Å². The van der Waals surface area contributed by atoms with Gasteiger partial charge in [-0.1, -0.05) is 12.1 Å². The highest BCUT2D eigenvalue weighted by Gasteiger charge is 2.01. The molecule has 17 heavy (non-hydrogen) atoms. The van der Waals surface area contributed by atoms with Gasteiger partial charge in [-0.15, -0.1) is 0 Å². The van der Waals surface area contributed by atoms with Crippen LogP contribution >= 0.6 is 15.9 Å². The molecule has 0 unspecified atom stereocenters. The second-order valence-electron chi connectivity index (χ2n) is 3.82. The lowest BCUT2D eigenvalue weighted by molar-refractivity contribution is 0.627. The van der Waals surface area contributed by atoms with Crippen LogP contribution in [0.5, 0.6) is 0 Å². The molecule has 4 heteroatoms. The van der Waals surface area contributed by atoms with Crippen LogP contribution in [0.3, 0.4) is 0 Å². The average Bonchev–Trinajstić information content (AvgIpc) is 2.30. The first-order valence-corrected chi connectivity index (χ1v) is 6.05. The van der Waals surface area contributed by atoms with Crippen LogP contribution < -0.4 is 5.32 Å². The molecule has 0 saturated heterocycles. The fourth-order valence-electron chi connectivity index (χ4n) is 1.45. The number of hydrogen-bond donors (Lipinski definition) is 1. The van der Waals surface area contributed by atoms with Gasteiger partial charge in [0.2, 0.25) is 0 Å². The summed E-state index contributed by atoms with van der Waals surface area (Å²) in [5, 5.41) is 3.20. The van der Waals surface area contributed by atoms with Gasteiger partial charge in [-0.3, -0.25) is 0 Å². The molecule has 0 amide bonds. The first-order chi connectivity index (χ1) is 8.15. The molecule has 2 nitrogen and oxygen atoms in total. The van der Waals surface area contributed by atoms with E-state index in [-0.39, 0.29) is 5.82 Å². The topological polar surface area (TPSA) is 24.9 Å². The van der Waals surface area contributed by atoms with E-state index in [4.69, 9.17) is 0 Å². The third-order valence-electron chi connectivity index (χ3n) is 2.35. The molecule has 0 atom stereocenters. The minimum atomic E-state index is -0.219. The lowest BCUT2D eigenvalue weighted by Crippen LogP contribution is -2.02. The van der Waals surface area contributed by atoms with Gasteiger partial charge < -0.3 is 5.32 Å². The smallest absolute Gasteiger partial charge is 0.140 e. The van der Waals surface area contributed by atoms with E-state index < -0.39 is 0 Å². The molecule has 2 aromatic rings. The zero-order chi connectivity index (χ0) is 12.3. The summed E-state index contributed by atoms with van der Waals surface area (Å²) in [4.78, 5) is 4.28. The maximum absolute atomic E-state index is 12.7. The highest BCUT2D eigenvalue weighted by molar-refractivity contribution is 9.10. The zero-order valence-corrected chi connectivity index (χ0v) is 11.0. The van der Waals surface area contributed by atoms with Crippen LogP contribution in [0.15, 0.2) is 41.0 Å². The molecule has 0 spiro atoms. The molecular formula is C13H12BrFN2. The van der Waals surface area contributed by atoms with Crippen molar-refractivity contribution in [3.05, 3.63) is 57.9 Å². The SMILES string of the molecule is Cc1cnc(NCc2ccc(F)cc2)c(Br)c1. The summed E-state index contributed by atoms with van der Waals surface area (Å²) in [6.07, 6.45) is 1.80. The number of hydrogen-bond acceptors (Lipinski definition) is 2. The number of pyridine rings is 1. The summed E-state index contributed by atoms with van der Waals surface area (Å²) in [5.74, 6) is 0.573. The molecule has 0 aliphatic heterocycles. The predicted molar refractivity (Wildman–Crippen MR) is 70.4 cm³/mol. The molecule has 1 aromatic carbocycles. The quantitative estimate of drug-likeness (QED) is 0.928. The van der Waals surface area contributed by atoms with Gasteiger partial charge in [-0.2, -0.15) is 0 Å². The van der Waals surface area contributed by atoms with E-state index >= 15 is 0 Å². The number of nitrogens with one attached hydrogen (secondary N) is 1. The molecule has 1 heterocycles. The molecule has 0 aliphatic rings. The number of aromatic nitrogens is 1. The number of anilines is 1. The number of halogens is 2. The third kappa shape index (κ3) is 3.27. The zero-order valence-electron chi connectivity index (χ0n) is 9.37. The van der Waals surface area contributed by atoms with E-state index in [1.807, 2.05) is 13.0 Å². The van der Waals surface area contributed by atoms with Crippen molar-refractivity contribution in [1.82, 2.24) is 4.98 Å². The Bertz CT molecular complexity index is 511. The molecule has 88 valence electrons. The van der Waals surface area contributed by atoms with Crippen molar-refractivity contribution >= 4 is 21.7 Å². The van der Waals surface area contributed by atoms with Crippen molar-refractivity contribution in [3.8, 4) is 0 Å². The van der Waals surface area contributed by atoms with Gasteiger partial charge in [0.1, 0.15) is 11.6 Å². The lowest BCUT2D eigenvalue weighted by Gasteiger charge is -2.08. The Morgan fingerprint density at radius 1 is 1.29 bits per heavy atom. The number of benzene rings is 1. The van der Waals surface area contributed by atoms with Crippen LogP contribution in [-0.2, 0) is 6.54 Å². The minimum Gasteiger partial charge on any atom is -0.365 e. The van der Waals surface area contributed by atoms with Gasteiger partial charge in [-0.25, -0.2) is 9.37 Å². The first-order valence-electron chi connectivity index (χ1n) is 5.25. The van der Waals surface area contributed by atoms with Crippen molar-refractivity contribution in [2.45, 2.75) is 13.5 Å². The summed E-state index contributed by atoms with van der Waals surface area (Å²) in [5.41, 5.74) is 2.12. The molecule has 2 rings (SSSR count). The summed E-state index contributed by atoms with van der Waals surface area (Å²) in [7, 11) is 0. The Kier molecular flexibility index (Phi) is 3.74. The van der Waals surface area contributed by atoms with Crippen LogP contribution in [0.25, 0.3) is 0 Å². The molecular weight excluding hydrogens is 283 g/mol. The summed E-state index contributed by atoms with van der Waals surface area (Å²) >= 11 is 3.45. The normalized spacial score (nSPS) is 10.3. The van der Waals surface area contributed by atoms with E-state index in [1.54, 1.807) is 18.3 Å². The van der Waals surface area contributed by atoms with E-state index in [2.05, 4.69) is 26.2 Å². The van der Waals surface area contributed by atoms with Crippen LogP contribution in [0.2, 0.25) is 0 Å². The molecule has 1 aromatic heterocycles. The van der Waals surface area contributed by atoms with Crippen molar-refractivity contribution in [2.24, 2.45) is 0 Å². The molecule has 0 bridgehead atoms. The summed E-state index contributed by atoms with van der Waals surface area (Å²) in [6, 6.07) is 8.41. The predicted octanol–water partition coefficient (Wildman–Crippen LogP) is 3.90. The number of aryl methyl sites for hydroxylation is 1. The first kappa shape index (κ1) is 12.0. The standard InChI is InChI=1S/C13H12BrFN2/c1-9-6-12(14)13(16-7-9)17-8-10-2-4-11(15)5-3-10/h2-7H,8H2,1H3,(H,16,17). The van der Waals surface area contributed by atoms with Crippen molar-refractivity contribution in [1.29, 1.82) is 0 Å². The second-order valence-corrected chi connectivity index (χ2v) is 4.68. The lowest BCUT2D eigenvalue weighted by atomic mass is 10.2. The maximum atomic E-state index is 12.7. The van der Waals surface area contributed by atoms with Crippen LogP contribution in [0.1, 0.15) is 11.1 Å². The van der Waals surface area contributed by atoms with Gasteiger partial charge in [0.05, 0.1) is 4.47 Å². The van der Waals surface area contributed by atoms with E-state index in [1.165, 1.54) is 12.1 Å². The maximum Gasteiger partial charge on any atom is 0.140 e. The van der Waals surface area contributed by atoms with Crippen molar-refractivity contribution in [3.63, 3.8) is 0 Å². The highest BCUT2D eigenvalue weighted by Crippen LogP contribution is 2.21. The Morgan fingerprint density at radius 2 is 2.00 bits per heavy atom. The third-order valence-corrected chi connectivity index (χ3v) is 2.96. The van der Waals surface area contributed by atoms with E-state index in [0.29, 0.717) is 6.54 Å². The summed E-state index contributed by atoms with van der Waals surface area (Å²) < 4.78 is 13.6. The highest BCUT2D eigenvalue weighted by atomic mass is 79.9. The van der Waals surface area contributed by atoms with E-state index in [9.17, 15) is 4.39 Å². The molecule has 0 aliphatic carbocycles. The van der Waals surface area contributed by atoms with Gasteiger partial charge in [-0.05, 0) is 52.2 Å². The van der Waals surface area contributed by atoms with Crippen LogP contribution in [0.4, 0.5) is 10.2 Å². The minimum absolute atomic E-state index is 0.219. The van der Waals surface area contributed by atoms with E-state index in [0.717, 1.165) is 21.4 Å². The molecule has 1 N–H and O–H groups in total. The second kappa shape index (κ2) is 5.27. The Morgan fingerprint density at radius 3 is 2.65 bits per heavy atom. The summed E-state index contributed by atoms with van der Waals surface area (Å²) in [6.45, 7) is 2.61. The fourth-order valence-corrected chi connectivity index (χ4v) is 2.06. The average molecular weight is 295 g/mol.